The lowest BCUT2D eigenvalue weighted by molar-refractivity contribution is -0.146. The first kappa shape index (κ1) is 25.5. The van der Waals surface area contributed by atoms with Crippen molar-refractivity contribution >= 4 is 35.9 Å². The number of likely N-dealkylation sites (tertiary alicyclic amines) is 1. The molecule has 1 N–H and O–H groups in total. The maximum atomic E-state index is 12.9. The predicted molar refractivity (Wildman–Crippen MR) is 118 cm³/mol. The van der Waals surface area contributed by atoms with Gasteiger partial charge in [0, 0.05) is 26.7 Å². The maximum absolute atomic E-state index is 12.9. The highest BCUT2D eigenvalue weighted by molar-refractivity contribution is 14.0. The number of guanidine groups is 1. The van der Waals surface area contributed by atoms with E-state index in [0.29, 0.717) is 44.5 Å². The molecule has 9 heteroatoms. The molecule has 5 nitrogen and oxygen atoms in total. The van der Waals surface area contributed by atoms with Crippen LogP contribution in [-0.4, -0.2) is 50.6 Å². The van der Waals surface area contributed by atoms with Gasteiger partial charge in [0.05, 0.1) is 18.6 Å². The van der Waals surface area contributed by atoms with E-state index in [4.69, 9.17) is 4.74 Å². The lowest BCUT2D eigenvalue weighted by Gasteiger charge is -2.33. The Labute approximate surface area is 187 Å². The van der Waals surface area contributed by atoms with Crippen molar-refractivity contribution in [3.05, 3.63) is 35.4 Å². The Hall–Kier alpha value is -1.52. The summed E-state index contributed by atoms with van der Waals surface area (Å²) in [6, 6.07) is 5.49. The number of benzene rings is 1. The Morgan fingerprint density at radius 1 is 1.34 bits per heavy atom. The molecule has 0 spiro atoms. The average molecular weight is 527 g/mol. The fourth-order valence-electron chi connectivity index (χ4n) is 3.41. The number of aliphatic imine (C=N–C) groups is 1. The lowest BCUT2D eigenvalue weighted by atomic mass is 9.96. The number of nitrogens with zero attached hydrogens (tertiary/aromatic N) is 2. The summed E-state index contributed by atoms with van der Waals surface area (Å²) in [7, 11) is 3.10. The molecule has 0 amide bonds. The van der Waals surface area contributed by atoms with Crippen molar-refractivity contribution in [3.63, 3.8) is 0 Å². The van der Waals surface area contributed by atoms with E-state index in [1.165, 1.54) is 19.2 Å². The minimum Gasteiger partial charge on any atom is -0.469 e. The van der Waals surface area contributed by atoms with Gasteiger partial charge in [-0.3, -0.25) is 9.79 Å². The molecule has 1 unspecified atom stereocenters. The van der Waals surface area contributed by atoms with Gasteiger partial charge < -0.3 is 15.0 Å². The zero-order valence-corrected chi connectivity index (χ0v) is 19.3. The van der Waals surface area contributed by atoms with Crippen molar-refractivity contribution in [2.45, 2.75) is 38.3 Å². The van der Waals surface area contributed by atoms with Crippen LogP contribution < -0.4 is 5.32 Å². The smallest absolute Gasteiger partial charge is 0.416 e. The number of nitrogens with one attached hydrogen (secondary N) is 1. The summed E-state index contributed by atoms with van der Waals surface area (Å²) >= 11 is 0. The van der Waals surface area contributed by atoms with Crippen LogP contribution in [0.5, 0.6) is 0 Å². The van der Waals surface area contributed by atoms with Crippen LogP contribution in [0.25, 0.3) is 0 Å². The van der Waals surface area contributed by atoms with Gasteiger partial charge in [0.15, 0.2) is 5.96 Å². The van der Waals surface area contributed by atoms with Crippen molar-refractivity contribution in [2.75, 3.05) is 33.8 Å². The molecule has 1 aliphatic rings. The first-order chi connectivity index (χ1) is 13.3. The molecule has 0 saturated carbocycles. The number of rotatable bonds is 5. The fraction of sp³-hybridized carbons (Fsp3) is 0.600. The quantitative estimate of drug-likeness (QED) is 0.269. The zero-order chi connectivity index (χ0) is 20.7. The first-order valence-electron chi connectivity index (χ1n) is 9.46. The molecule has 1 atom stereocenters. The Morgan fingerprint density at radius 2 is 2.00 bits per heavy atom. The monoisotopic (exact) mass is 527 g/mol. The van der Waals surface area contributed by atoms with E-state index in [0.717, 1.165) is 12.0 Å². The number of hydrogen-bond donors (Lipinski definition) is 1. The van der Waals surface area contributed by atoms with E-state index in [1.807, 2.05) is 6.92 Å². The highest BCUT2D eigenvalue weighted by atomic mass is 127. The Kier molecular flexibility index (Phi) is 10.2. The number of esters is 1. The van der Waals surface area contributed by atoms with Crippen LogP contribution >= 0.6 is 24.0 Å². The molecule has 0 aliphatic carbocycles. The van der Waals surface area contributed by atoms with Gasteiger partial charge in [0.25, 0.3) is 0 Å². The average Bonchev–Trinajstić information content (AvgIpc) is 2.70. The Balaban J connectivity index is 0.00000420. The van der Waals surface area contributed by atoms with Gasteiger partial charge in [-0.05, 0) is 36.8 Å². The molecule has 1 fully saturated rings. The third-order valence-electron chi connectivity index (χ3n) is 5.18. The number of carbonyl (C=O) groups is 1. The van der Waals surface area contributed by atoms with Gasteiger partial charge >= 0.3 is 12.1 Å². The van der Waals surface area contributed by atoms with Crippen LogP contribution in [0.3, 0.4) is 0 Å². The van der Waals surface area contributed by atoms with E-state index in [2.05, 4.69) is 15.2 Å². The van der Waals surface area contributed by atoms with Gasteiger partial charge in [-0.1, -0.05) is 25.1 Å². The third kappa shape index (κ3) is 7.35. The van der Waals surface area contributed by atoms with Gasteiger partial charge in [0.2, 0.25) is 0 Å². The molecule has 1 saturated heterocycles. The molecular formula is C20H29F3IN3O2. The maximum Gasteiger partial charge on any atom is 0.416 e. The molecule has 1 aromatic carbocycles. The molecule has 0 radical (unpaired) electrons. The number of ether oxygens (including phenoxy) is 1. The Bertz CT molecular complexity index is 690. The van der Waals surface area contributed by atoms with Crippen molar-refractivity contribution in [1.82, 2.24) is 10.2 Å². The molecule has 1 aliphatic heterocycles. The van der Waals surface area contributed by atoms with Crippen LogP contribution in [0.2, 0.25) is 0 Å². The molecule has 29 heavy (non-hydrogen) atoms. The summed E-state index contributed by atoms with van der Waals surface area (Å²) in [4.78, 5) is 18.0. The molecular weight excluding hydrogens is 498 g/mol. The predicted octanol–water partition coefficient (Wildman–Crippen LogP) is 4.28. The van der Waals surface area contributed by atoms with Gasteiger partial charge in [0.1, 0.15) is 0 Å². The Morgan fingerprint density at radius 3 is 2.55 bits per heavy atom. The van der Waals surface area contributed by atoms with E-state index < -0.39 is 11.7 Å². The third-order valence-corrected chi connectivity index (χ3v) is 5.18. The number of methoxy groups -OCH3 is 1. The second-order valence-corrected chi connectivity index (χ2v) is 7.07. The number of piperidine rings is 1. The number of carbonyl (C=O) groups excluding carboxylic acids is 1. The van der Waals surface area contributed by atoms with Crippen LogP contribution in [0, 0.1) is 5.92 Å². The van der Waals surface area contributed by atoms with Crippen LogP contribution in [0.15, 0.2) is 29.3 Å². The molecule has 2 rings (SSSR count). The minimum absolute atomic E-state index is 0. The standard InChI is InChI=1S/C20H28F3N3O2.HI/c1-14(16-5-4-6-17(13-16)20(21,22)23)7-10-25-19(24-2)26-11-8-15(9-12-26)18(27)28-3;/h4-6,13-15H,7-12H2,1-3H3,(H,24,25);1H. The number of halogens is 4. The summed E-state index contributed by atoms with van der Waals surface area (Å²) in [5.74, 6) is 0.496. The normalized spacial score (nSPS) is 16.8. The summed E-state index contributed by atoms with van der Waals surface area (Å²) in [6.45, 7) is 3.94. The highest BCUT2D eigenvalue weighted by Gasteiger charge is 2.30. The molecule has 0 aromatic heterocycles. The zero-order valence-electron chi connectivity index (χ0n) is 17.0. The number of hydrogen-bond acceptors (Lipinski definition) is 3. The summed E-state index contributed by atoms with van der Waals surface area (Å²) in [6.07, 6.45) is -2.21. The summed E-state index contributed by atoms with van der Waals surface area (Å²) in [5.41, 5.74) is 0.0552. The summed E-state index contributed by atoms with van der Waals surface area (Å²) < 4.78 is 43.4. The molecule has 1 aromatic rings. The fourth-order valence-corrected chi connectivity index (χ4v) is 3.41. The SMILES string of the molecule is CN=C(NCCC(C)c1cccc(C(F)(F)F)c1)N1CCC(C(=O)OC)CC1.I. The molecule has 0 bridgehead atoms. The van der Waals surface area contributed by atoms with Crippen LogP contribution in [0.4, 0.5) is 13.2 Å². The van der Waals surface area contributed by atoms with Gasteiger partial charge in [-0.2, -0.15) is 13.2 Å². The van der Waals surface area contributed by atoms with Crippen LogP contribution in [0.1, 0.15) is 43.2 Å². The summed E-state index contributed by atoms with van der Waals surface area (Å²) in [5, 5.41) is 3.28. The first-order valence-corrected chi connectivity index (χ1v) is 9.46. The molecule has 1 heterocycles. The van der Waals surface area contributed by atoms with Crippen molar-refractivity contribution in [2.24, 2.45) is 10.9 Å². The van der Waals surface area contributed by atoms with Gasteiger partial charge in [-0.25, -0.2) is 0 Å². The van der Waals surface area contributed by atoms with E-state index in [-0.39, 0.29) is 41.8 Å². The number of alkyl halides is 3. The van der Waals surface area contributed by atoms with Crippen molar-refractivity contribution < 1.29 is 22.7 Å². The lowest BCUT2D eigenvalue weighted by Crippen LogP contribution is -2.47. The van der Waals surface area contributed by atoms with E-state index in [9.17, 15) is 18.0 Å². The van der Waals surface area contributed by atoms with Crippen molar-refractivity contribution in [1.29, 1.82) is 0 Å². The highest BCUT2D eigenvalue weighted by Crippen LogP contribution is 2.31. The molecule has 164 valence electrons. The van der Waals surface area contributed by atoms with Crippen molar-refractivity contribution in [3.8, 4) is 0 Å². The van der Waals surface area contributed by atoms with E-state index in [1.54, 1.807) is 13.1 Å². The van der Waals surface area contributed by atoms with Crippen LogP contribution in [-0.2, 0) is 15.7 Å². The second kappa shape index (κ2) is 11.6. The second-order valence-electron chi connectivity index (χ2n) is 7.07. The van der Waals surface area contributed by atoms with E-state index >= 15 is 0 Å². The van der Waals surface area contributed by atoms with Gasteiger partial charge in [-0.15, -0.1) is 24.0 Å². The minimum atomic E-state index is -4.33. The largest absolute Gasteiger partial charge is 0.469 e. The topological polar surface area (TPSA) is 53.9 Å².